The molecule has 1 aromatic rings. The van der Waals surface area contributed by atoms with Gasteiger partial charge in [-0.3, -0.25) is 5.32 Å². The highest BCUT2D eigenvalue weighted by molar-refractivity contribution is 5.77. The summed E-state index contributed by atoms with van der Waals surface area (Å²) in [6, 6.07) is 6.58. The first-order chi connectivity index (χ1) is 7.70. The number of phenolic OH excluding ortho intramolecular Hbond substituents is 1. The van der Waals surface area contributed by atoms with Crippen LogP contribution in [0.25, 0.3) is 0 Å². The van der Waals surface area contributed by atoms with Crippen LogP contribution in [-0.4, -0.2) is 24.2 Å². The molecule has 0 amide bonds. The maximum Gasteiger partial charge on any atom is 0.327 e. The van der Waals surface area contributed by atoms with Gasteiger partial charge in [0.15, 0.2) is 0 Å². The summed E-state index contributed by atoms with van der Waals surface area (Å²) in [7, 11) is 1.38. The van der Waals surface area contributed by atoms with Crippen LogP contribution in [0.5, 0.6) is 5.75 Å². The van der Waals surface area contributed by atoms with Crippen LogP contribution < -0.4 is 5.32 Å². The van der Waals surface area contributed by atoms with Gasteiger partial charge < -0.3 is 9.84 Å². The summed E-state index contributed by atoms with van der Waals surface area (Å²) in [5, 5.41) is 12.4. The predicted molar refractivity (Wildman–Crippen MR) is 59.0 cm³/mol. The molecule has 1 saturated carbocycles. The Morgan fingerprint density at radius 2 is 2.06 bits per heavy atom. The van der Waals surface area contributed by atoms with Crippen molar-refractivity contribution in [2.45, 2.75) is 24.9 Å². The molecule has 1 aromatic carbocycles. The van der Waals surface area contributed by atoms with Crippen molar-refractivity contribution in [3.05, 3.63) is 29.8 Å². The lowest BCUT2D eigenvalue weighted by Crippen LogP contribution is -2.31. The lowest BCUT2D eigenvalue weighted by atomic mass is 10.1. The fourth-order valence-electron chi connectivity index (χ4n) is 1.57. The van der Waals surface area contributed by atoms with Gasteiger partial charge in [-0.1, -0.05) is 12.1 Å². The SMILES string of the molecule is COC(=O)[C@@H](NC1CC1)c1ccc(O)cc1. The minimum absolute atomic E-state index is 0.193. The van der Waals surface area contributed by atoms with Crippen molar-refractivity contribution in [1.29, 1.82) is 0 Å². The van der Waals surface area contributed by atoms with E-state index in [-0.39, 0.29) is 11.7 Å². The van der Waals surface area contributed by atoms with E-state index in [4.69, 9.17) is 4.74 Å². The topological polar surface area (TPSA) is 58.6 Å². The van der Waals surface area contributed by atoms with Gasteiger partial charge in [0.05, 0.1) is 7.11 Å². The molecule has 0 spiro atoms. The Hall–Kier alpha value is -1.55. The molecule has 0 radical (unpaired) electrons. The molecule has 1 atom stereocenters. The number of methoxy groups -OCH3 is 1. The molecule has 4 nitrogen and oxygen atoms in total. The second kappa shape index (κ2) is 4.53. The van der Waals surface area contributed by atoms with Crippen molar-refractivity contribution < 1.29 is 14.6 Å². The van der Waals surface area contributed by atoms with Crippen molar-refractivity contribution in [3.63, 3.8) is 0 Å². The standard InChI is InChI=1S/C12H15NO3/c1-16-12(15)11(13-9-4-5-9)8-2-6-10(14)7-3-8/h2-3,6-7,9,11,13-14H,4-5H2,1H3/t11-/m0/s1. The number of esters is 1. The molecule has 16 heavy (non-hydrogen) atoms. The Labute approximate surface area is 94.2 Å². The Bertz CT molecular complexity index is 370. The van der Waals surface area contributed by atoms with E-state index in [2.05, 4.69) is 5.32 Å². The van der Waals surface area contributed by atoms with Gasteiger partial charge in [-0.25, -0.2) is 4.79 Å². The first kappa shape index (κ1) is 11.0. The highest BCUT2D eigenvalue weighted by atomic mass is 16.5. The lowest BCUT2D eigenvalue weighted by Gasteiger charge is -2.16. The highest BCUT2D eigenvalue weighted by Gasteiger charge is 2.29. The van der Waals surface area contributed by atoms with Gasteiger partial charge in [-0.05, 0) is 30.5 Å². The van der Waals surface area contributed by atoms with Crippen molar-refractivity contribution in [3.8, 4) is 5.75 Å². The summed E-state index contributed by atoms with van der Waals surface area (Å²) >= 11 is 0. The van der Waals surface area contributed by atoms with Gasteiger partial charge in [0.1, 0.15) is 11.8 Å². The second-order valence-electron chi connectivity index (χ2n) is 3.99. The van der Waals surface area contributed by atoms with E-state index >= 15 is 0 Å². The Morgan fingerprint density at radius 3 is 2.56 bits per heavy atom. The van der Waals surface area contributed by atoms with Gasteiger partial charge >= 0.3 is 5.97 Å². The third-order valence-electron chi connectivity index (χ3n) is 2.64. The van der Waals surface area contributed by atoms with Gasteiger partial charge in [0.25, 0.3) is 0 Å². The average molecular weight is 221 g/mol. The maximum absolute atomic E-state index is 11.6. The molecule has 2 rings (SSSR count). The summed E-state index contributed by atoms with van der Waals surface area (Å²) in [5.74, 6) is -0.101. The van der Waals surface area contributed by atoms with E-state index in [9.17, 15) is 9.90 Å². The number of rotatable bonds is 4. The molecular formula is C12H15NO3. The van der Waals surface area contributed by atoms with Crippen LogP contribution in [0.3, 0.4) is 0 Å². The molecule has 86 valence electrons. The van der Waals surface area contributed by atoms with Crippen LogP contribution in [0, 0.1) is 0 Å². The lowest BCUT2D eigenvalue weighted by molar-refractivity contribution is -0.143. The zero-order valence-electron chi connectivity index (χ0n) is 9.14. The van der Waals surface area contributed by atoms with Crippen LogP contribution in [0.4, 0.5) is 0 Å². The highest BCUT2D eigenvalue weighted by Crippen LogP contribution is 2.25. The molecule has 1 fully saturated rings. The van der Waals surface area contributed by atoms with Gasteiger partial charge in [0, 0.05) is 6.04 Å². The summed E-state index contributed by atoms with van der Waals surface area (Å²) in [6.45, 7) is 0. The molecule has 1 aliphatic carbocycles. The van der Waals surface area contributed by atoms with Gasteiger partial charge in [-0.15, -0.1) is 0 Å². The number of hydrogen-bond acceptors (Lipinski definition) is 4. The zero-order chi connectivity index (χ0) is 11.5. The molecule has 0 heterocycles. The third-order valence-corrected chi connectivity index (χ3v) is 2.64. The van der Waals surface area contributed by atoms with Crippen LogP contribution in [-0.2, 0) is 9.53 Å². The molecule has 0 unspecified atom stereocenters. The van der Waals surface area contributed by atoms with E-state index in [1.807, 2.05) is 0 Å². The van der Waals surface area contributed by atoms with Gasteiger partial charge in [0.2, 0.25) is 0 Å². The monoisotopic (exact) mass is 221 g/mol. The molecule has 0 saturated heterocycles. The van der Waals surface area contributed by atoms with E-state index in [0.29, 0.717) is 6.04 Å². The minimum Gasteiger partial charge on any atom is -0.508 e. The summed E-state index contributed by atoms with van der Waals surface area (Å²) in [5.41, 5.74) is 0.816. The Kier molecular flexibility index (Phi) is 3.10. The number of carbonyl (C=O) groups excluding carboxylic acids is 1. The number of hydrogen-bond donors (Lipinski definition) is 2. The third kappa shape index (κ3) is 2.52. The zero-order valence-corrected chi connectivity index (χ0v) is 9.14. The fraction of sp³-hybridized carbons (Fsp3) is 0.417. The van der Waals surface area contributed by atoms with Crippen molar-refractivity contribution in [1.82, 2.24) is 5.32 Å². The van der Waals surface area contributed by atoms with E-state index in [0.717, 1.165) is 18.4 Å². The van der Waals surface area contributed by atoms with Crippen molar-refractivity contribution in [2.75, 3.05) is 7.11 Å². The number of phenols is 1. The molecule has 2 N–H and O–H groups in total. The Balaban J connectivity index is 2.15. The minimum atomic E-state index is -0.432. The summed E-state index contributed by atoms with van der Waals surface area (Å²) in [4.78, 5) is 11.6. The number of benzene rings is 1. The van der Waals surface area contributed by atoms with Gasteiger partial charge in [-0.2, -0.15) is 0 Å². The van der Waals surface area contributed by atoms with E-state index < -0.39 is 6.04 Å². The number of ether oxygens (including phenoxy) is 1. The number of carbonyl (C=O) groups is 1. The van der Waals surface area contributed by atoms with Crippen LogP contribution in [0.2, 0.25) is 0 Å². The molecule has 1 aliphatic rings. The van der Waals surface area contributed by atoms with E-state index in [1.165, 1.54) is 7.11 Å². The number of nitrogens with one attached hydrogen (secondary N) is 1. The second-order valence-corrected chi connectivity index (χ2v) is 3.99. The molecule has 0 aromatic heterocycles. The Morgan fingerprint density at radius 1 is 1.44 bits per heavy atom. The predicted octanol–water partition coefficient (Wildman–Crippen LogP) is 1.36. The molecular weight excluding hydrogens is 206 g/mol. The molecule has 0 bridgehead atoms. The van der Waals surface area contributed by atoms with Crippen LogP contribution in [0.15, 0.2) is 24.3 Å². The number of aromatic hydroxyl groups is 1. The van der Waals surface area contributed by atoms with Crippen molar-refractivity contribution in [2.24, 2.45) is 0 Å². The largest absolute Gasteiger partial charge is 0.508 e. The van der Waals surface area contributed by atoms with E-state index in [1.54, 1.807) is 24.3 Å². The average Bonchev–Trinajstić information content (AvgIpc) is 3.10. The first-order valence-electron chi connectivity index (χ1n) is 5.33. The normalized spacial score (nSPS) is 16.8. The van der Waals surface area contributed by atoms with Crippen LogP contribution >= 0.6 is 0 Å². The fourth-order valence-corrected chi connectivity index (χ4v) is 1.57. The first-order valence-corrected chi connectivity index (χ1v) is 5.33. The molecule has 4 heteroatoms. The maximum atomic E-state index is 11.6. The molecule has 0 aliphatic heterocycles. The van der Waals surface area contributed by atoms with Crippen molar-refractivity contribution >= 4 is 5.97 Å². The summed E-state index contributed by atoms with van der Waals surface area (Å²) < 4.78 is 4.76. The quantitative estimate of drug-likeness (QED) is 0.754. The smallest absolute Gasteiger partial charge is 0.327 e. The summed E-state index contributed by atoms with van der Waals surface area (Å²) in [6.07, 6.45) is 2.21. The van der Waals surface area contributed by atoms with Crippen LogP contribution in [0.1, 0.15) is 24.4 Å².